The van der Waals surface area contributed by atoms with Gasteiger partial charge in [0.25, 0.3) is 5.91 Å². The van der Waals surface area contributed by atoms with Crippen molar-refractivity contribution < 1.29 is 14.3 Å². The van der Waals surface area contributed by atoms with Gasteiger partial charge in [-0.25, -0.2) is 0 Å². The number of unbranched alkanes of at least 4 members (excludes halogenated alkanes) is 1. The molecule has 0 aliphatic carbocycles. The second-order valence-electron chi connectivity index (χ2n) is 5.60. The van der Waals surface area contributed by atoms with Crippen LogP contribution in [-0.2, 0) is 9.53 Å². The lowest BCUT2D eigenvalue weighted by Crippen LogP contribution is -2.35. The molecule has 1 rings (SSSR count). The predicted molar refractivity (Wildman–Crippen MR) is 92.7 cm³/mol. The minimum atomic E-state index is -0.614. The Morgan fingerprint density at radius 3 is 2.39 bits per heavy atom. The molecular weight excluding hydrogens is 314 g/mol. The van der Waals surface area contributed by atoms with Crippen molar-refractivity contribution >= 4 is 23.5 Å². The number of alkyl halides is 1. The molecule has 0 fully saturated rings. The third-order valence-corrected chi connectivity index (χ3v) is 4.14. The van der Waals surface area contributed by atoms with Crippen molar-refractivity contribution in [2.24, 2.45) is 0 Å². The molecule has 2 unspecified atom stereocenters. The molecule has 0 aromatic heterocycles. The van der Waals surface area contributed by atoms with Crippen LogP contribution in [0.3, 0.4) is 0 Å². The van der Waals surface area contributed by atoms with Gasteiger partial charge in [-0.05, 0) is 37.8 Å². The van der Waals surface area contributed by atoms with Crippen LogP contribution in [0.1, 0.15) is 55.8 Å². The van der Waals surface area contributed by atoms with E-state index in [0.29, 0.717) is 12.0 Å². The van der Waals surface area contributed by atoms with Crippen molar-refractivity contribution in [1.82, 2.24) is 5.32 Å². The lowest BCUT2D eigenvalue weighted by atomic mass is 10.0. The van der Waals surface area contributed by atoms with Gasteiger partial charge in [-0.1, -0.05) is 38.0 Å². The van der Waals surface area contributed by atoms with Crippen LogP contribution in [0.15, 0.2) is 30.3 Å². The first kappa shape index (κ1) is 19.5. The zero-order valence-electron chi connectivity index (χ0n) is 13.9. The number of ether oxygens (including phenoxy) is 1. The number of rotatable bonds is 10. The molecule has 2 atom stereocenters. The van der Waals surface area contributed by atoms with Crippen molar-refractivity contribution in [3.8, 4) is 0 Å². The summed E-state index contributed by atoms with van der Waals surface area (Å²) in [6.07, 6.45) is 5.20. The summed E-state index contributed by atoms with van der Waals surface area (Å²) >= 11 is 5.96. The Labute approximate surface area is 143 Å². The smallest absolute Gasteiger partial charge is 0.323 e. The van der Waals surface area contributed by atoms with Gasteiger partial charge >= 0.3 is 5.97 Å². The van der Waals surface area contributed by atoms with Crippen LogP contribution in [0.5, 0.6) is 0 Å². The standard InChI is InChI=1S/C18H26ClNO3/c1-3-4-11-15(12-8-13-16(19)18(22)23-2)20-17(21)14-9-6-5-7-10-14/h5-7,9-10,15-16H,3-4,8,11-13H2,1-2H3,(H,20,21). The first-order chi connectivity index (χ1) is 11.1. The average Bonchev–Trinajstić information content (AvgIpc) is 2.59. The molecule has 1 aromatic carbocycles. The maximum absolute atomic E-state index is 12.3. The van der Waals surface area contributed by atoms with Crippen molar-refractivity contribution in [1.29, 1.82) is 0 Å². The third-order valence-electron chi connectivity index (χ3n) is 3.74. The summed E-state index contributed by atoms with van der Waals surface area (Å²) in [7, 11) is 1.34. The molecule has 1 aromatic rings. The van der Waals surface area contributed by atoms with Gasteiger partial charge in [0.15, 0.2) is 0 Å². The van der Waals surface area contributed by atoms with E-state index in [0.717, 1.165) is 32.1 Å². The Balaban J connectivity index is 2.49. The van der Waals surface area contributed by atoms with Crippen LogP contribution in [0.2, 0.25) is 0 Å². The maximum atomic E-state index is 12.3. The Morgan fingerprint density at radius 2 is 1.78 bits per heavy atom. The molecule has 1 N–H and O–H groups in total. The minimum absolute atomic E-state index is 0.0536. The first-order valence-corrected chi connectivity index (χ1v) is 8.60. The van der Waals surface area contributed by atoms with E-state index in [2.05, 4.69) is 17.0 Å². The van der Waals surface area contributed by atoms with Crippen LogP contribution >= 0.6 is 11.6 Å². The van der Waals surface area contributed by atoms with Gasteiger partial charge in [0.1, 0.15) is 5.38 Å². The molecule has 5 heteroatoms. The maximum Gasteiger partial charge on any atom is 0.323 e. The fourth-order valence-electron chi connectivity index (χ4n) is 2.39. The van der Waals surface area contributed by atoms with Gasteiger partial charge in [0.05, 0.1) is 7.11 Å². The largest absolute Gasteiger partial charge is 0.468 e. The van der Waals surface area contributed by atoms with E-state index < -0.39 is 11.3 Å². The SMILES string of the molecule is CCCCC(CCCC(Cl)C(=O)OC)NC(=O)c1ccccc1. The predicted octanol–water partition coefficient (Wildman–Crippen LogP) is 3.93. The zero-order valence-corrected chi connectivity index (χ0v) is 14.6. The monoisotopic (exact) mass is 339 g/mol. The van der Waals surface area contributed by atoms with Crippen LogP contribution in [0.4, 0.5) is 0 Å². The summed E-state index contributed by atoms with van der Waals surface area (Å²) in [5.74, 6) is -0.452. The van der Waals surface area contributed by atoms with Gasteiger partial charge in [0.2, 0.25) is 0 Å². The molecule has 0 aliphatic rings. The van der Waals surface area contributed by atoms with Gasteiger partial charge < -0.3 is 10.1 Å². The fourth-order valence-corrected chi connectivity index (χ4v) is 2.63. The lowest BCUT2D eigenvalue weighted by Gasteiger charge is -2.19. The number of hydrogen-bond donors (Lipinski definition) is 1. The van der Waals surface area contributed by atoms with Crippen molar-refractivity contribution in [2.75, 3.05) is 7.11 Å². The molecule has 23 heavy (non-hydrogen) atoms. The molecule has 0 saturated heterocycles. The zero-order chi connectivity index (χ0) is 17.1. The summed E-state index contributed by atoms with van der Waals surface area (Å²) in [6.45, 7) is 2.13. The summed E-state index contributed by atoms with van der Waals surface area (Å²) < 4.78 is 4.62. The number of esters is 1. The Bertz CT molecular complexity index is 478. The molecule has 0 aliphatic heterocycles. The number of nitrogens with one attached hydrogen (secondary N) is 1. The summed E-state index contributed by atoms with van der Waals surface area (Å²) in [6, 6.07) is 9.30. The average molecular weight is 340 g/mol. The van der Waals surface area contributed by atoms with E-state index in [1.165, 1.54) is 7.11 Å². The number of carbonyl (C=O) groups excluding carboxylic acids is 2. The van der Waals surface area contributed by atoms with E-state index in [9.17, 15) is 9.59 Å². The highest BCUT2D eigenvalue weighted by Gasteiger charge is 2.18. The number of amides is 1. The van der Waals surface area contributed by atoms with Gasteiger partial charge in [-0.2, -0.15) is 0 Å². The van der Waals surface area contributed by atoms with Crippen molar-refractivity contribution in [3.63, 3.8) is 0 Å². The second kappa shape index (κ2) is 11.1. The van der Waals surface area contributed by atoms with Gasteiger partial charge in [-0.15, -0.1) is 11.6 Å². The number of methoxy groups -OCH3 is 1. The Hall–Kier alpha value is -1.55. The van der Waals surface area contributed by atoms with Crippen LogP contribution in [-0.4, -0.2) is 30.4 Å². The van der Waals surface area contributed by atoms with E-state index in [1.807, 2.05) is 18.2 Å². The molecule has 0 spiro atoms. The molecule has 128 valence electrons. The molecule has 0 saturated carbocycles. The van der Waals surface area contributed by atoms with Crippen molar-refractivity contribution in [2.45, 2.75) is 56.9 Å². The number of halogens is 1. The molecule has 0 bridgehead atoms. The fraction of sp³-hybridized carbons (Fsp3) is 0.556. The Morgan fingerprint density at radius 1 is 1.13 bits per heavy atom. The topological polar surface area (TPSA) is 55.4 Å². The molecule has 0 radical (unpaired) electrons. The van der Waals surface area contributed by atoms with E-state index in [1.54, 1.807) is 12.1 Å². The molecule has 0 heterocycles. The summed E-state index contributed by atoms with van der Waals surface area (Å²) in [5.41, 5.74) is 0.666. The van der Waals surface area contributed by atoms with Gasteiger partial charge in [-0.3, -0.25) is 9.59 Å². The highest BCUT2D eigenvalue weighted by Crippen LogP contribution is 2.14. The molecular formula is C18H26ClNO3. The summed E-state index contributed by atoms with van der Waals surface area (Å²) in [4.78, 5) is 23.6. The number of carbonyl (C=O) groups is 2. The first-order valence-electron chi connectivity index (χ1n) is 8.16. The molecule has 4 nitrogen and oxygen atoms in total. The van der Waals surface area contributed by atoms with E-state index >= 15 is 0 Å². The van der Waals surface area contributed by atoms with Crippen LogP contribution in [0, 0.1) is 0 Å². The highest BCUT2D eigenvalue weighted by molar-refractivity contribution is 6.29. The van der Waals surface area contributed by atoms with Crippen molar-refractivity contribution in [3.05, 3.63) is 35.9 Å². The third kappa shape index (κ3) is 7.51. The quantitative estimate of drug-likeness (QED) is 0.519. The summed E-state index contributed by atoms with van der Waals surface area (Å²) in [5, 5.41) is 2.47. The van der Waals surface area contributed by atoms with E-state index in [4.69, 9.17) is 11.6 Å². The minimum Gasteiger partial charge on any atom is -0.468 e. The molecule has 1 amide bonds. The second-order valence-corrected chi connectivity index (χ2v) is 6.13. The number of benzene rings is 1. The van der Waals surface area contributed by atoms with Gasteiger partial charge in [0, 0.05) is 11.6 Å². The Kier molecular flexibility index (Phi) is 9.37. The van der Waals surface area contributed by atoms with E-state index in [-0.39, 0.29) is 11.9 Å². The number of hydrogen-bond acceptors (Lipinski definition) is 3. The normalized spacial score (nSPS) is 13.2. The van der Waals surface area contributed by atoms with Crippen LogP contribution in [0.25, 0.3) is 0 Å². The highest BCUT2D eigenvalue weighted by atomic mass is 35.5. The van der Waals surface area contributed by atoms with Crippen LogP contribution < -0.4 is 5.32 Å². The lowest BCUT2D eigenvalue weighted by molar-refractivity contribution is -0.140.